The molecule has 0 aromatic heterocycles. The number of rotatable bonds is 39. The minimum Gasteiger partial charge on any atom is -0.462 e. The molecule has 0 heterocycles. The molecule has 0 aromatic carbocycles. The zero-order valence-electron chi connectivity index (χ0n) is 34.4. The number of aliphatic hydroxyl groups is 2. The topological polar surface area (TPSA) is 175 Å². The van der Waals surface area contributed by atoms with Crippen LogP contribution < -0.4 is 5.73 Å². The summed E-state index contributed by atoms with van der Waals surface area (Å²) in [5.41, 5.74) is 5.32. The lowest BCUT2D eigenvalue weighted by molar-refractivity contribution is -0.161. The van der Waals surface area contributed by atoms with Gasteiger partial charge in [0, 0.05) is 19.4 Å². The summed E-state index contributed by atoms with van der Waals surface area (Å²) in [4.78, 5) is 34.9. The number of phosphoric ester groups is 1. The van der Waals surface area contributed by atoms with Crippen LogP contribution in [0.1, 0.15) is 168 Å². The van der Waals surface area contributed by atoms with Crippen LogP contribution in [-0.4, -0.2) is 71.7 Å². The average molecular weight is 800 g/mol. The van der Waals surface area contributed by atoms with Gasteiger partial charge in [-0.2, -0.15) is 0 Å². The molecule has 0 saturated heterocycles. The zero-order valence-corrected chi connectivity index (χ0v) is 35.3. The second-order valence-electron chi connectivity index (χ2n) is 14.2. The summed E-state index contributed by atoms with van der Waals surface area (Å²) in [6, 6.07) is 0. The first kappa shape index (κ1) is 52.9. The van der Waals surface area contributed by atoms with Gasteiger partial charge in [-0.25, -0.2) is 4.57 Å². The van der Waals surface area contributed by atoms with Crippen molar-refractivity contribution in [1.82, 2.24) is 0 Å². The predicted octanol–water partition coefficient (Wildman–Crippen LogP) is 9.88. The molecule has 55 heavy (non-hydrogen) atoms. The standard InChI is InChI=1S/C43H78NO10P/c1-3-5-7-9-11-13-15-17-18-19-21-23-25-27-29-33-42(47)51-37-39(38-53-55(49,50)52-36-35-44)54-43(48)34-30-32-41(46)40(45)31-28-26-24-22-20-16-14-12-10-8-6-4-2/h12,14,17-18,20,22,26,28,39-41,45-46H,3-11,13,15-16,19,21,23-25,27,29-38,44H2,1-2H3,(H,49,50)/b14-12-,18-17-,22-20-,28-26-/t39-,40?,41?/m1/s1. The molecule has 12 heteroatoms. The molecule has 0 aliphatic carbocycles. The third-order valence-corrected chi connectivity index (χ3v) is 9.87. The molecule has 0 radical (unpaired) electrons. The largest absolute Gasteiger partial charge is 0.472 e. The van der Waals surface area contributed by atoms with E-state index in [0.717, 1.165) is 57.8 Å². The van der Waals surface area contributed by atoms with E-state index in [1.807, 2.05) is 12.2 Å². The molecular weight excluding hydrogens is 721 g/mol. The summed E-state index contributed by atoms with van der Waals surface area (Å²) in [7, 11) is -4.46. The van der Waals surface area contributed by atoms with Crippen molar-refractivity contribution in [3.8, 4) is 0 Å². The Morgan fingerprint density at radius 2 is 1.13 bits per heavy atom. The molecule has 0 bridgehead atoms. The summed E-state index contributed by atoms with van der Waals surface area (Å²) in [5.74, 6) is -1.13. The molecule has 0 aromatic rings. The first-order chi connectivity index (χ1) is 26.6. The Hall–Kier alpha value is -2.11. The van der Waals surface area contributed by atoms with Gasteiger partial charge in [0.15, 0.2) is 6.10 Å². The van der Waals surface area contributed by atoms with E-state index in [2.05, 4.69) is 50.3 Å². The van der Waals surface area contributed by atoms with Gasteiger partial charge >= 0.3 is 19.8 Å². The van der Waals surface area contributed by atoms with Gasteiger partial charge in [0.25, 0.3) is 0 Å². The molecule has 0 amide bonds. The number of ether oxygens (including phenoxy) is 2. The van der Waals surface area contributed by atoms with Crippen LogP contribution >= 0.6 is 7.82 Å². The Labute approximate surface area is 333 Å². The number of hydrogen-bond acceptors (Lipinski definition) is 10. The van der Waals surface area contributed by atoms with E-state index >= 15 is 0 Å². The van der Waals surface area contributed by atoms with Gasteiger partial charge in [-0.3, -0.25) is 18.6 Å². The summed E-state index contributed by atoms with van der Waals surface area (Å²) >= 11 is 0. The number of carbonyl (C=O) groups is 2. The van der Waals surface area contributed by atoms with Crippen LogP contribution in [0.5, 0.6) is 0 Å². The average Bonchev–Trinajstić information content (AvgIpc) is 3.16. The number of aliphatic hydroxyl groups excluding tert-OH is 2. The number of unbranched alkanes of at least 4 members (excludes halogenated alkanes) is 14. The molecular formula is C43H78NO10P. The number of allylic oxidation sites excluding steroid dienone is 7. The first-order valence-corrected chi connectivity index (χ1v) is 22.8. The monoisotopic (exact) mass is 800 g/mol. The molecule has 320 valence electrons. The highest BCUT2D eigenvalue weighted by molar-refractivity contribution is 7.47. The van der Waals surface area contributed by atoms with Gasteiger partial charge in [-0.15, -0.1) is 0 Å². The molecule has 0 aliphatic heterocycles. The minimum absolute atomic E-state index is 0.00579. The number of hydrogen-bond donors (Lipinski definition) is 4. The Morgan fingerprint density at radius 1 is 0.618 bits per heavy atom. The van der Waals surface area contributed by atoms with Crippen molar-refractivity contribution in [2.75, 3.05) is 26.4 Å². The van der Waals surface area contributed by atoms with Crippen LogP contribution in [0.15, 0.2) is 48.6 Å². The Morgan fingerprint density at radius 3 is 1.76 bits per heavy atom. The van der Waals surface area contributed by atoms with Crippen LogP contribution in [0.25, 0.3) is 0 Å². The lowest BCUT2D eigenvalue weighted by Gasteiger charge is -2.20. The smallest absolute Gasteiger partial charge is 0.462 e. The molecule has 3 unspecified atom stereocenters. The van der Waals surface area contributed by atoms with Crippen LogP contribution in [0.2, 0.25) is 0 Å². The SMILES string of the molecule is CCCCC/C=C\C/C=C\C/C=C\CC(O)C(O)CCCC(=O)O[C@H](COC(=O)CCCCCCC/C=C\CCCCCCCC)COP(=O)(O)OCCN. The second-order valence-corrected chi connectivity index (χ2v) is 15.6. The van der Waals surface area contributed by atoms with E-state index in [1.165, 1.54) is 57.8 Å². The second kappa shape index (κ2) is 38.7. The van der Waals surface area contributed by atoms with Crippen molar-refractivity contribution in [2.24, 2.45) is 5.73 Å². The van der Waals surface area contributed by atoms with Crippen LogP contribution in [0.4, 0.5) is 0 Å². The Balaban J connectivity index is 4.44. The summed E-state index contributed by atoms with van der Waals surface area (Å²) in [6.45, 7) is 3.34. The van der Waals surface area contributed by atoms with E-state index < -0.39 is 44.7 Å². The quantitative estimate of drug-likeness (QED) is 0.0202. The first-order valence-electron chi connectivity index (χ1n) is 21.3. The van der Waals surface area contributed by atoms with E-state index in [9.17, 15) is 29.3 Å². The highest BCUT2D eigenvalue weighted by Crippen LogP contribution is 2.43. The van der Waals surface area contributed by atoms with Gasteiger partial charge in [0.1, 0.15) is 6.61 Å². The summed E-state index contributed by atoms with van der Waals surface area (Å²) in [6.07, 6.45) is 36.0. The maximum absolute atomic E-state index is 12.6. The molecule has 0 aliphatic rings. The summed E-state index contributed by atoms with van der Waals surface area (Å²) < 4.78 is 32.5. The van der Waals surface area contributed by atoms with Crippen molar-refractivity contribution >= 4 is 19.8 Å². The normalized spacial score (nSPS) is 14.9. The van der Waals surface area contributed by atoms with E-state index in [-0.39, 0.29) is 51.9 Å². The number of esters is 2. The van der Waals surface area contributed by atoms with Gasteiger partial charge in [0.2, 0.25) is 0 Å². The van der Waals surface area contributed by atoms with Gasteiger partial charge in [0.05, 0.1) is 25.4 Å². The lowest BCUT2D eigenvalue weighted by atomic mass is 10.0. The third-order valence-electron chi connectivity index (χ3n) is 8.89. The lowest BCUT2D eigenvalue weighted by Crippen LogP contribution is -2.30. The Kier molecular flexibility index (Phi) is 37.3. The fourth-order valence-corrected chi connectivity index (χ4v) is 6.32. The van der Waals surface area contributed by atoms with Crippen molar-refractivity contribution in [3.05, 3.63) is 48.6 Å². The number of phosphoric acid groups is 1. The van der Waals surface area contributed by atoms with Crippen molar-refractivity contribution in [3.63, 3.8) is 0 Å². The van der Waals surface area contributed by atoms with Crippen molar-refractivity contribution in [1.29, 1.82) is 0 Å². The molecule has 0 saturated carbocycles. The van der Waals surface area contributed by atoms with Crippen LogP contribution in [-0.2, 0) is 32.7 Å². The maximum Gasteiger partial charge on any atom is 0.472 e. The number of nitrogens with two attached hydrogens (primary N) is 1. The predicted molar refractivity (Wildman–Crippen MR) is 222 cm³/mol. The van der Waals surface area contributed by atoms with E-state index in [0.29, 0.717) is 6.42 Å². The Bertz CT molecular complexity index is 1080. The van der Waals surface area contributed by atoms with Crippen molar-refractivity contribution in [2.45, 2.75) is 186 Å². The molecule has 5 N–H and O–H groups in total. The minimum atomic E-state index is -4.46. The van der Waals surface area contributed by atoms with E-state index in [1.54, 1.807) is 0 Å². The van der Waals surface area contributed by atoms with Crippen molar-refractivity contribution < 1.29 is 47.8 Å². The molecule has 11 nitrogen and oxygen atoms in total. The zero-order chi connectivity index (χ0) is 40.7. The highest BCUT2D eigenvalue weighted by atomic mass is 31.2. The summed E-state index contributed by atoms with van der Waals surface area (Å²) in [5, 5.41) is 20.7. The molecule has 4 atom stereocenters. The highest BCUT2D eigenvalue weighted by Gasteiger charge is 2.26. The fraction of sp³-hybridized carbons (Fsp3) is 0.767. The van der Waals surface area contributed by atoms with Gasteiger partial charge in [-0.05, 0) is 77.0 Å². The maximum atomic E-state index is 12.6. The van der Waals surface area contributed by atoms with Crippen LogP contribution in [0, 0.1) is 0 Å². The molecule has 0 fully saturated rings. The number of carbonyl (C=O) groups excluding carboxylic acids is 2. The molecule has 0 spiro atoms. The van der Waals surface area contributed by atoms with E-state index in [4.69, 9.17) is 24.3 Å². The molecule has 0 rings (SSSR count). The third kappa shape index (κ3) is 37.2. The van der Waals surface area contributed by atoms with Gasteiger partial charge in [-0.1, -0.05) is 127 Å². The van der Waals surface area contributed by atoms with Gasteiger partial charge < -0.3 is 30.3 Å². The fourth-order valence-electron chi connectivity index (χ4n) is 5.55. The van der Waals surface area contributed by atoms with Crippen LogP contribution in [0.3, 0.4) is 0 Å².